The highest BCUT2D eigenvalue weighted by atomic mass is 35.5. The topological polar surface area (TPSA) is 21.6 Å². The Kier molecular flexibility index (Phi) is 2.90. The molecule has 0 unspecified atom stereocenters. The van der Waals surface area contributed by atoms with E-state index in [0.29, 0.717) is 0 Å². The molecule has 0 atom stereocenters. The summed E-state index contributed by atoms with van der Waals surface area (Å²) in [5.74, 6) is 0. The maximum absolute atomic E-state index is 5.90. The molecule has 1 aromatic rings. The average Bonchev–Trinajstić information content (AvgIpc) is 2.70. The van der Waals surface area contributed by atoms with Crippen molar-refractivity contribution in [3.05, 3.63) is 47.0 Å². The summed E-state index contributed by atoms with van der Waals surface area (Å²) in [5, 5.41) is 5.00. The van der Waals surface area contributed by atoms with Crippen LogP contribution in [0.3, 0.4) is 0 Å². The van der Waals surface area contributed by atoms with Crippen molar-refractivity contribution in [2.75, 3.05) is 0 Å². The number of rotatable bonds is 1. The van der Waals surface area contributed by atoms with Gasteiger partial charge in [-0.15, -0.1) is 0 Å². The smallest absolute Gasteiger partial charge is 0.164 e. The second kappa shape index (κ2) is 4.43. The summed E-state index contributed by atoms with van der Waals surface area (Å²) in [5.41, 5.74) is 2.72. The van der Waals surface area contributed by atoms with Crippen LogP contribution in [0.2, 0.25) is 5.02 Å². The molecule has 94 valence electrons. The molecule has 0 bridgehead atoms. The number of benzene rings is 1. The van der Waals surface area contributed by atoms with Crippen molar-refractivity contribution in [2.24, 2.45) is 5.16 Å². The third kappa shape index (κ3) is 1.85. The van der Waals surface area contributed by atoms with Crippen molar-refractivity contribution < 1.29 is 4.84 Å². The van der Waals surface area contributed by atoms with Gasteiger partial charge in [0, 0.05) is 16.2 Å². The first-order chi connectivity index (χ1) is 8.71. The summed E-state index contributed by atoms with van der Waals surface area (Å²) in [7, 11) is 0. The van der Waals surface area contributed by atoms with E-state index in [2.05, 4.69) is 11.7 Å². The van der Waals surface area contributed by atoms with Crippen LogP contribution in [-0.2, 0) is 4.84 Å². The van der Waals surface area contributed by atoms with E-state index >= 15 is 0 Å². The molecular weight excluding hydrogens is 246 g/mol. The number of nitrogens with zero attached hydrogens (tertiary/aromatic N) is 1. The lowest BCUT2D eigenvalue weighted by molar-refractivity contribution is -0.0216. The summed E-state index contributed by atoms with van der Waals surface area (Å²) in [6.07, 6.45) is 5.75. The van der Waals surface area contributed by atoms with Crippen molar-refractivity contribution in [1.29, 1.82) is 0 Å². The predicted octanol–water partition coefficient (Wildman–Crippen LogP) is 4.33. The molecule has 1 fully saturated rings. The SMILES string of the molecule is C=C1C(c2ccc(Cl)cc2)=NOC12CCCCC2. The highest BCUT2D eigenvalue weighted by Gasteiger charge is 2.43. The Hall–Kier alpha value is -1.28. The van der Waals surface area contributed by atoms with E-state index in [1.165, 1.54) is 19.3 Å². The maximum atomic E-state index is 5.90. The van der Waals surface area contributed by atoms with E-state index in [-0.39, 0.29) is 5.60 Å². The monoisotopic (exact) mass is 261 g/mol. The van der Waals surface area contributed by atoms with Gasteiger partial charge in [0.2, 0.25) is 0 Å². The second-order valence-corrected chi connectivity index (χ2v) is 5.51. The van der Waals surface area contributed by atoms with Gasteiger partial charge in [0.05, 0.1) is 0 Å². The molecule has 0 radical (unpaired) electrons. The first kappa shape index (κ1) is 11.8. The first-order valence-corrected chi connectivity index (χ1v) is 6.81. The number of halogens is 1. The Morgan fingerprint density at radius 3 is 2.44 bits per heavy atom. The van der Waals surface area contributed by atoms with Crippen molar-refractivity contribution in [3.63, 3.8) is 0 Å². The molecule has 0 saturated heterocycles. The van der Waals surface area contributed by atoms with Crippen LogP contribution in [0.1, 0.15) is 37.7 Å². The summed E-state index contributed by atoms with van der Waals surface area (Å²) in [6.45, 7) is 4.22. The Morgan fingerprint density at radius 1 is 1.11 bits per heavy atom. The van der Waals surface area contributed by atoms with Gasteiger partial charge in [-0.1, -0.05) is 41.9 Å². The molecule has 1 aliphatic heterocycles. The number of oxime groups is 1. The fourth-order valence-corrected chi connectivity index (χ4v) is 2.94. The zero-order valence-electron chi connectivity index (χ0n) is 10.3. The van der Waals surface area contributed by atoms with Crippen LogP contribution >= 0.6 is 11.6 Å². The van der Waals surface area contributed by atoms with E-state index < -0.39 is 0 Å². The number of hydrogen-bond donors (Lipinski definition) is 0. The molecule has 1 spiro atoms. The lowest BCUT2D eigenvalue weighted by Crippen LogP contribution is -2.33. The van der Waals surface area contributed by atoms with Gasteiger partial charge in [-0.05, 0) is 37.8 Å². The van der Waals surface area contributed by atoms with Gasteiger partial charge in [-0.25, -0.2) is 0 Å². The zero-order valence-corrected chi connectivity index (χ0v) is 11.0. The molecule has 1 aliphatic carbocycles. The van der Waals surface area contributed by atoms with E-state index in [9.17, 15) is 0 Å². The first-order valence-electron chi connectivity index (χ1n) is 6.43. The lowest BCUT2D eigenvalue weighted by Gasteiger charge is -2.31. The third-order valence-corrected chi connectivity index (χ3v) is 4.18. The molecule has 1 saturated carbocycles. The Labute approximate surface area is 112 Å². The second-order valence-electron chi connectivity index (χ2n) is 5.07. The van der Waals surface area contributed by atoms with Crippen LogP contribution in [-0.4, -0.2) is 11.3 Å². The third-order valence-electron chi connectivity index (χ3n) is 3.93. The summed E-state index contributed by atoms with van der Waals surface area (Å²) < 4.78 is 0. The molecule has 18 heavy (non-hydrogen) atoms. The van der Waals surface area contributed by atoms with Gasteiger partial charge >= 0.3 is 0 Å². The zero-order chi connectivity index (χ0) is 12.6. The lowest BCUT2D eigenvalue weighted by atomic mass is 9.78. The van der Waals surface area contributed by atoms with Crippen molar-refractivity contribution in [3.8, 4) is 0 Å². The molecule has 1 heterocycles. The molecule has 0 aromatic heterocycles. The summed E-state index contributed by atoms with van der Waals surface area (Å²) >= 11 is 5.90. The van der Waals surface area contributed by atoms with Gasteiger partial charge in [0.25, 0.3) is 0 Å². The minimum absolute atomic E-state index is 0.229. The number of hydrogen-bond acceptors (Lipinski definition) is 2. The highest BCUT2D eigenvalue weighted by Crippen LogP contribution is 2.42. The van der Waals surface area contributed by atoms with Crippen LogP contribution in [0.15, 0.2) is 41.6 Å². The van der Waals surface area contributed by atoms with E-state index in [0.717, 1.165) is 34.7 Å². The summed E-state index contributed by atoms with van der Waals surface area (Å²) in [4.78, 5) is 5.75. The molecule has 2 nitrogen and oxygen atoms in total. The molecular formula is C15H16ClNO. The van der Waals surface area contributed by atoms with Crippen LogP contribution in [0, 0.1) is 0 Å². The van der Waals surface area contributed by atoms with Gasteiger partial charge in [0.15, 0.2) is 5.60 Å². The molecule has 1 aromatic carbocycles. The molecule has 2 aliphatic rings. The van der Waals surface area contributed by atoms with E-state index in [4.69, 9.17) is 16.4 Å². The normalized spacial score (nSPS) is 21.8. The quantitative estimate of drug-likeness (QED) is 0.737. The molecule has 0 N–H and O–H groups in total. The average molecular weight is 262 g/mol. The largest absolute Gasteiger partial charge is 0.384 e. The minimum atomic E-state index is -0.229. The highest BCUT2D eigenvalue weighted by molar-refractivity contribution is 6.30. The van der Waals surface area contributed by atoms with Crippen LogP contribution < -0.4 is 0 Å². The Morgan fingerprint density at radius 2 is 1.78 bits per heavy atom. The van der Waals surface area contributed by atoms with Crippen molar-refractivity contribution >= 4 is 17.3 Å². The summed E-state index contributed by atoms with van der Waals surface area (Å²) in [6, 6.07) is 7.69. The van der Waals surface area contributed by atoms with Gasteiger partial charge < -0.3 is 4.84 Å². The predicted molar refractivity (Wildman–Crippen MR) is 74.0 cm³/mol. The van der Waals surface area contributed by atoms with Gasteiger partial charge in [-0.2, -0.15) is 0 Å². The van der Waals surface area contributed by atoms with Crippen molar-refractivity contribution in [1.82, 2.24) is 0 Å². The van der Waals surface area contributed by atoms with E-state index in [1.54, 1.807) is 0 Å². The van der Waals surface area contributed by atoms with Crippen LogP contribution in [0.25, 0.3) is 0 Å². The maximum Gasteiger partial charge on any atom is 0.164 e. The fraction of sp³-hybridized carbons (Fsp3) is 0.400. The standard InChI is InChI=1S/C15H16ClNO/c1-11-14(12-5-7-13(16)8-6-12)17-18-15(11)9-3-2-4-10-15/h5-8H,1-4,9-10H2. The van der Waals surface area contributed by atoms with E-state index in [1.807, 2.05) is 24.3 Å². The molecule has 0 amide bonds. The van der Waals surface area contributed by atoms with Gasteiger partial charge in [0.1, 0.15) is 5.71 Å². The van der Waals surface area contributed by atoms with Gasteiger partial charge in [-0.3, -0.25) is 0 Å². The Bertz CT molecular complexity index is 498. The fourth-order valence-electron chi connectivity index (χ4n) is 2.81. The minimum Gasteiger partial charge on any atom is -0.384 e. The van der Waals surface area contributed by atoms with Crippen LogP contribution in [0.5, 0.6) is 0 Å². The van der Waals surface area contributed by atoms with Crippen molar-refractivity contribution in [2.45, 2.75) is 37.7 Å². The van der Waals surface area contributed by atoms with Crippen LogP contribution in [0.4, 0.5) is 0 Å². The Balaban J connectivity index is 1.87. The molecule has 3 heteroatoms. The molecule has 3 rings (SSSR count).